The summed E-state index contributed by atoms with van der Waals surface area (Å²) in [6.07, 6.45) is 0.207. The van der Waals surface area contributed by atoms with Crippen molar-refractivity contribution in [1.29, 1.82) is 0 Å². The molecule has 128 valence electrons. The lowest BCUT2D eigenvalue weighted by atomic mass is 10.0. The number of fused-ring (bicyclic) bond motifs is 1. The maximum atomic E-state index is 12.3. The molecule has 0 atom stereocenters. The summed E-state index contributed by atoms with van der Waals surface area (Å²) in [7, 11) is 0. The summed E-state index contributed by atoms with van der Waals surface area (Å²) in [5.74, 6) is 0.0990. The van der Waals surface area contributed by atoms with E-state index in [0.29, 0.717) is 5.02 Å². The molecule has 2 N–H and O–H groups in total. The summed E-state index contributed by atoms with van der Waals surface area (Å²) in [6, 6.07) is 14.4. The van der Waals surface area contributed by atoms with Crippen LogP contribution in [0.2, 0.25) is 5.02 Å². The first-order chi connectivity index (χ1) is 11.9. The van der Waals surface area contributed by atoms with Gasteiger partial charge < -0.3 is 10.4 Å². The van der Waals surface area contributed by atoms with Crippen molar-refractivity contribution in [2.24, 2.45) is 0 Å². The van der Waals surface area contributed by atoms with E-state index in [1.165, 1.54) is 0 Å². The molecule has 0 bridgehead atoms. The van der Waals surface area contributed by atoms with Crippen LogP contribution in [0.15, 0.2) is 48.5 Å². The molecule has 3 rings (SSSR count). The number of hydrogen-bond donors (Lipinski definition) is 2. The molecule has 2 aromatic carbocycles. The van der Waals surface area contributed by atoms with Crippen LogP contribution >= 0.6 is 11.6 Å². The lowest BCUT2D eigenvalue weighted by Gasteiger charge is -2.13. The number of hydrogen-bond acceptors (Lipinski definition) is 3. The number of nitrogens with zero attached hydrogens (tertiary/aromatic N) is 1. The second-order valence-electron chi connectivity index (χ2n) is 6.28. The second kappa shape index (κ2) is 7.11. The van der Waals surface area contributed by atoms with Gasteiger partial charge in [-0.3, -0.25) is 4.79 Å². The minimum atomic E-state index is -0.0698. The van der Waals surface area contributed by atoms with E-state index in [-0.39, 0.29) is 24.1 Å². The molecule has 25 heavy (non-hydrogen) atoms. The van der Waals surface area contributed by atoms with Crippen molar-refractivity contribution < 1.29 is 9.90 Å². The van der Waals surface area contributed by atoms with Crippen molar-refractivity contribution in [3.8, 4) is 17.0 Å². The third-order valence-corrected chi connectivity index (χ3v) is 4.01. The number of amides is 1. The Hall–Kier alpha value is -2.59. The van der Waals surface area contributed by atoms with Crippen LogP contribution in [0.4, 0.5) is 0 Å². The summed E-state index contributed by atoms with van der Waals surface area (Å²) < 4.78 is 0. The van der Waals surface area contributed by atoms with Gasteiger partial charge in [0.05, 0.1) is 17.6 Å². The highest BCUT2D eigenvalue weighted by Crippen LogP contribution is 2.29. The van der Waals surface area contributed by atoms with Crippen LogP contribution in [0.25, 0.3) is 22.2 Å². The second-order valence-corrected chi connectivity index (χ2v) is 6.72. The molecule has 0 aliphatic carbocycles. The number of rotatable bonds is 4. The zero-order valence-corrected chi connectivity index (χ0v) is 14.8. The molecule has 3 aromatic rings. The molecular weight excluding hydrogens is 336 g/mol. The molecule has 1 heterocycles. The van der Waals surface area contributed by atoms with Crippen LogP contribution in [0.1, 0.15) is 19.4 Å². The third-order valence-electron chi connectivity index (χ3n) is 3.78. The van der Waals surface area contributed by atoms with Crippen molar-refractivity contribution in [3.05, 3.63) is 59.1 Å². The van der Waals surface area contributed by atoms with E-state index >= 15 is 0 Å². The highest BCUT2D eigenvalue weighted by molar-refractivity contribution is 6.30. The molecule has 1 aromatic heterocycles. The largest absolute Gasteiger partial charge is 0.508 e. The zero-order valence-electron chi connectivity index (χ0n) is 14.1. The van der Waals surface area contributed by atoms with Gasteiger partial charge in [0, 0.05) is 22.0 Å². The van der Waals surface area contributed by atoms with Gasteiger partial charge >= 0.3 is 0 Å². The topological polar surface area (TPSA) is 62.2 Å². The quantitative estimate of drug-likeness (QED) is 0.733. The number of aromatic hydroxyl groups is 1. The van der Waals surface area contributed by atoms with Crippen molar-refractivity contribution in [1.82, 2.24) is 10.3 Å². The molecule has 0 unspecified atom stereocenters. The molecule has 0 radical (unpaired) electrons. The average molecular weight is 355 g/mol. The molecule has 0 aliphatic heterocycles. The number of nitrogens with one attached hydrogen (secondary N) is 1. The molecule has 1 amide bonds. The number of carbonyl (C=O) groups excluding carboxylic acids is 1. The Morgan fingerprint density at radius 3 is 2.72 bits per heavy atom. The van der Waals surface area contributed by atoms with Gasteiger partial charge in [-0.1, -0.05) is 23.7 Å². The molecule has 0 spiro atoms. The summed E-state index contributed by atoms with van der Waals surface area (Å²) in [6.45, 7) is 3.85. The third kappa shape index (κ3) is 4.09. The maximum absolute atomic E-state index is 12.3. The van der Waals surface area contributed by atoms with Gasteiger partial charge in [-0.05, 0) is 55.8 Å². The lowest BCUT2D eigenvalue weighted by molar-refractivity contribution is -0.120. The van der Waals surface area contributed by atoms with E-state index in [1.807, 2.05) is 38.1 Å². The van der Waals surface area contributed by atoms with Gasteiger partial charge in [-0.25, -0.2) is 4.98 Å². The first kappa shape index (κ1) is 17.2. The summed E-state index contributed by atoms with van der Waals surface area (Å²) in [5, 5.41) is 14.0. The predicted molar refractivity (Wildman–Crippen MR) is 101 cm³/mol. The molecule has 0 fully saturated rings. The summed E-state index contributed by atoms with van der Waals surface area (Å²) in [4.78, 5) is 17.0. The number of phenols is 1. The van der Waals surface area contributed by atoms with Gasteiger partial charge in [0.25, 0.3) is 0 Å². The standard InChI is InChI=1S/C20H19ClN2O2/c1-12(2)22-19(25)11-15-8-14-10-17(24)6-7-18(14)23-20(15)13-4-3-5-16(21)9-13/h3-10,12,24H,11H2,1-2H3,(H,22,25). The van der Waals surface area contributed by atoms with E-state index in [0.717, 1.165) is 27.7 Å². The minimum Gasteiger partial charge on any atom is -0.508 e. The SMILES string of the molecule is CC(C)NC(=O)Cc1cc2cc(O)ccc2nc1-c1cccc(Cl)c1. The van der Waals surface area contributed by atoms with Crippen LogP contribution in [0.3, 0.4) is 0 Å². The Morgan fingerprint density at radius 1 is 1.20 bits per heavy atom. The number of halogens is 1. The van der Waals surface area contributed by atoms with Crippen LogP contribution in [0, 0.1) is 0 Å². The Balaban J connectivity index is 2.13. The van der Waals surface area contributed by atoms with E-state index in [1.54, 1.807) is 24.3 Å². The number of aromatic nitrogens is 1. The Bertz CT molecular complexity index is 938. The van der Waals surface area contributed by atoms with E-state index in [9.17, 15) is 9.90 Å². The van der Waals surface area contributed by atoms with Crippen LogP contribution in [-0.2, 0) is 11.2 Å². The number of benzene rings is 2. The van der Waals surface area contributed by atoms with Gasteiger partial charge in [-0.15, -0.1) is 0 Å². The highest BCUT2D eigenvalue weighted by atomic mass is 35.5. The Kier molecular flexibility index (Phi) is 4.91. The zero-order chi connectivity index (χ0) is 18.0. The van der Waals surface area contributed by atoms with Crippen molar-refractivity contribution in [2.45, 2.75) is 26.3 Å². The summed E-state index contributed by atoms with van der Waals surface area (Å²) >= 11 is 6.12. The van der Waals surface area contributed by atoms with E-state index in [2.05, 4.69) is 5.32 Å². The van der Waals surface area contributed by atoms with Crippen molar-refractivity contribution >= 4 is 28.4 Å². The average Bonchev–Trinajstić information content (AvgIpc) is 2.53. The monoisotopic (exact) mass is 354 g/mol. The van der Waals surface area contributed by atoms with Gasteiger partial charge in [0.15, 0.2) is 0 Å². The molecule has 0 aliphatic rings. The fourth-order valence-electron chi connectivity index (χ4n) is 2.77. The van der Waals surface area contributed by atoms with E-state index in [4.69, 9.17) is 16.6 Å². The fraction of sp³-hybridized carbons (Fsp3) is 0.200. The van der Waals surface area contributed by atoms with Crippen LogP contribution < -0.4 is 5.32 Å². The molecule has 0 saturated carbocycles. The molecule has 4 nitrogen and oxygen atoms in total. The lowest BCUT2D eigenvalue weighted by Crippen LogP contribution is -2.31. The normalized spacial score (nSPS) is 11.0. The van der Waals surface area contributed by atoms with Gasteiger partial charge in [-0.2, -0.15) is 0 Å². The number of phenolic OH excluding ortho intramolecular Hbond substituents is 1. The maximum Gasteiger partial charge on any atom is 0.224 e. The number of carbonyl (C=O) groups is 1. The smallest absolute Gasteiger partial charge is 0.224 e. The minimum absolute atomic E-state index is 0.0691. The Morgan fingerprint density at radius 2 is 2.00 bits per heavy atom. The highest BCUT2D eigenvalue weighted by Gasteiger charge is 2.14. The summed E-state index contributed by atoms with van der Waals surface area (Å²) in [5.41, 5.74) is 3.12. The first-order valence-electron chi connectivity index (χ1n) is 8.10. The molecular formula is C20H19ClN2O2. The van der Waals surface area contributed by atoms with Crippen molar-refractivity contribution in [3.63, 3.8) is 0 Å². The Labute approximate surface area is 151 Å². The van der Waals surface area contributed by atoms with Crippen LogP contribution in [0.5, 0.6) is 5.75 Å². The van der Waals surface area contributed by atoms with Crippen molar-refractivity contribution in [2.75, 3.05) is 0 Å². The molecule has 5 heteroatoms. The van der Waals surface area contributed by atoms with Crippen LogP contribution in [-0.4, -0.2) is 22.0 Å². The van der Waals surface area contributed by atoms with E-state index < -0.39 is 0 Å². The van der Waals surface area contributed by atoms with Gasteiger partial charge in [0.1, 0.15) is 5.75 Å². The first-order valence-corrected chi connectivity index (χ1v) is 8.48. The molecule has 0 saturated heterocycles. The van der Waals surface area contributed by atoms with Gasteiger partial charge in [0.2, 0.25) is 5.91 Å². The predicted octanol–water partition coefficient (Wildman–Crippen LogP) is 4.33. The number of pyridine rings is 1. The fourth-order valence-corrected chi connectivity index (χ4v) is 2.96.